The fraction of sp³-hybridized carbons (Fsp3) is 0.487. The van der Waals surface area contributed by atoms with Gasteiger partial charge in [0.1, 0.15) is 0 Å². The third-order valence-corrected chi connectivity index (χ3v) is 10.2. The summed E-state index contributed by atoms with van der Waals surface area (Å²) in [7, 11) is 0. The lowest BCUT2D eigenvalue weighted by Crippen LogP contribution is -2.38. The molecule has 1 aromatic carbocycles. The van der Waals surface area contributed by atoms with Crippen molar-refractivity contribution in [1.82, 2.24) is 4.90 Å². The van der Waals surface area contributed by atoms with Gasteiger partial charge in [-0.25, -0.2) is 0 Å². The number of allylic oxidation sites excluding steroid dienone is 8. The maximum Gasteiger partial charge on any atom is 0.0568 e. The number of nitrogens with zero attached hydrogens (tertiary/aromatic N) is 2. The Balaban J connectivity index is 1.45. The van der Waals surface area contributed by atoms with Crippen molar-refractivity contribution in [2.24, 2.45) is 22.6 Å². The molecule has 1 aromatic rings. The Morgan fingerprint density at radius 3 is 2.45 bits per heavy atom. The fourth-order valence-electron chi connectivity index (χ4n) is 7.49. The number of nitrogens with two attached hydrogens (primary N) is 3. The number of anilines is 1. The SMILES string of the molecule is CCCCN1/C(=C/C=C2\CCCC(/C=C/C3N(CCCN)C4=C(C=CC(C)(N)C=C4)C3(C)C)=C2N)C(C)(C)c2ccccc21. The minimum atomic E-state index is -0.450. The maximum atomic E-state index is 6.95. The molecule has 2 heterocycles. The molecule has 44 heavy (non-hydrogen) atoms. The van der Waals surface area contributed by atoms with E-state index in [9.17, 15) is 0 Å². The molecule has 5 rings (SSSR count). The van der Waals surface area contributed by atoms with Gasteiger partial charge in [-0.1, -0.05) is 95.7 Å². The molecule has 5 nitrogen and oxygen atoms in total. The molecule has 2 aliphatic heterocycles. The lowest BCUT2D eigenvalue weighted by molar-refractivity contribution is 0.233. The van der Waals surface area contributed by atoms with E-state index < -0.39 is 5.54 Å². The zero-order chi connectivity index (χ0) is 31.7. The Morgan fingerprint density at radius 1 is 0.955 bits per heavy atom. The summed E-state index contributed by atoms with van der Waals surface area (Å²) >= 11 is 0. The molecule has 0 spiro atoms. The first kappa shape index (κ1) is 32.1. The number of hydrogen-bond donors (Lipinski definition) is 3. The number of unbranched alkanes of at least 4 members (excludes halogenated alkanes) is 1. The summed E-state index contributed by atoms with van der Waals surface area (Å²) in [4.78, 5) is 5.05. The van der Waals surface area contributed by atoms with Gasteiger partial charge in [0.2, 0.25) is 0 Å². The van der Waals surface area contributed by atoms with Crippen LogP contribution in [0.3, 0.4) is 0 Å². The third-order valence-electron chi connectivity index (χ3n) is 10.2. The van der Waals surface area contributed by atoms with Crippen LogP contribution in [0.4, 0.5) is 5.69 Å². The third kappa shape index (κ3) is 6.01. The van der Waals surface area contributed by atoms with Crippen molar-refractivity contribution < 1.29 is 0 Å². The topological polar surface area (TPSA) is 84.5 Å². The van der Waals surface area contributed by atoms with E-state index in [1.807, 2.05) is 6.92 Å². The van der Waals surface area contributed by atoms with Gasteiger partial charge in [-0.15, -0.1) is 0 Å². The monoisotopic (exact) mass is 593 g/mol. The molecule has 0 radical (unpaired) electrons. The highest BCUT2D eigenvalue weighted by Crippen LogP contribution is 2.49. The molecule has 2 atom stereocenters. The predicted octanol–water partition coefficient (Wildman–Crippen LogP) is 7.50. The van der Waals surface area contributed by atoms with Crippen molar-refractivity contribution in [1.29, 1.82) is 0 Å². The molecular weight excluding hydrogens is 538 g/mol. The lowest BCUT2D eigenvalue weighted by Gasteiger charge is -2.35. The fourth-order valence-corrected chi connectivity index (χ4v) is 7.49. The van der Waals surface area contributed by atoms with Gasteiger partial charge in [0.25, 0.3) is 0 Å². The van der Waals surface area contributed by atoms with Crippen molar-refractivity contribution in [2.45, 2.75) is 97.1 Å². The molecule has 5 heteroatoms. The quantitative estimate of drug-likeness (QED) is 0.276. The largest absolute Gasteiger partial charge is 0.398 e. The van der Waals surface area contributed by atoms with E-state index in [-0.39, 0.29) is 16.9 Å². The van der Waals surface area contributed by atoms with Crippen molar-refractivity contribution in [2.75, 3.05) is 24.5 Å². The Hall–Kier alpha value is -3.28. The van der Waals surface area contributed by atoms with Crippen LogP contribution in [-0.2, 0) is 5.41 Å². The first-order valence-electron chi connectivity index (χ1n) is 16.8. The highest BCUT2D eigenvalue weighted by molar-refractivity contribution is 5.70. The smallest absolute Gasteiger partial charge is 0.0568 e. The first-order chi connectivity index (χ1) is 20.9. The molecule has 6 N–H and O–H groups in total. The maximum absolute atomic E-state index is 6.95. The molecule has 0 bridgehead atoms. The summed E-state index contributed by atoms with van der Waals surface area (Å²) < 4.78 is 0. The van der Waals surface area contributed by atoms with Crippen molar-refractivity contribution in [3.63, 3.8) is 0 Å². The Bertz CT molecular complexity index is 1460. The van der Waals surface area contributed by atoms with Gasteiger partial charge in [0.05, 0.1) is 11.6 Å². The summed E-state index contributed by atoms with van der Waals surface area (Å²) in [5, 5.41) is 0. The molecule has 0 fully saturated rings. The summed E-state index contributed by atoms with van der Waals surface area (Å²) in [6.45, 7) is 16.3. The van der Waals surface area contributed by atoms with Gasteiger partial charge in [-0.2, -0.15) is 0 Å². The summed E-state index contributed by atoms with van der Waals surface area (Å²) in [5.41, 5.74) is 29.0. The minimum absolute atomic E-state index is 0.0481. The molecule has 0 saturated heterocycles. The van der Waals surface area contributed by atoms with Gasteiger partial charge in [-0.05, 0) is 86.1 Å². The van der Waals surface area contributed by atoms with E-state index in [0.29, 0.717) is 6.54 Å². The predicted molar refractivity (Wildman–Crippen MR) is 188 cm³/mol. The first-order valence-corrected chi connectivity index (χ1v) is 16.8. The second-order valence-corrected chi connectivity index (χ2v) is 14.4. The molecular formula is C39H55N5. The van der Waals surface area contributed by atoms with E-state index in [0.717, 1.165) is 44.5 Å². The van der Waals surface area contributed by atoms with Gasteiger partial charge in [0, 0.05) is 46.7 Å². The minimum Gasteiger partial charge on any atom is -0.398 e. The van der Waals surface area contributed by atoms with Gasteiger partial charge in [-0.3, -0.25) is 0 Å². The van der Waals surface area contributed by atoms with Crippen LogP contribution in [0.1, 0.15) is 85.6 Å². The average Bonchev–Trinajstić information content (AvgIpc) is 3.23. The van der Waals surface area contributed by atoms with E-state index in [2.05, 4.69) is 117 Å². The van der Waals surface area contributed by atoms with Gasteiger partial charge >= 0.3 is 0 Å². The number of benzene rings is 1. The van der Waals surface area contributed by atoms with Crippen molar-refractivity contribution >= 4 is 5.69 Å². The van der Waals surface area contributed by atoms with Crippen LogP contribution in [0.2, 0.25) is 0 Å². The zero-order valence-corrected chi connectivity index (χ0v) is 28.0. The van der Waals surface area contributed by atoms with Crippen molar-refractivity contribution in [3.8, 4) is 0 Å². The second kappa shape index (κ2) is 12.6. The molecule has 2 aliphatic carbocycles. The zero-order valence-electron chi connectivity index (χ0n) is 28.0. The van der Waals surface area contributed by atoms with E-state index in [1.165, 1.54) is 52.2 Å². The summed E-state index contributed by atoms with van der Waals surface area (Å²) in [6, 6.07) is 9.09. The molecule has 2 unspecified atom stereocenters. The normalized spacial score (nSPS) is 27.7. The van der Waals surface area contributed by atoms with Crippen molar-refractivity contribution in [3.05, 3.63) is 112 Å². The summed E-state index contributed by atoms with van der Waals surface area (Å²) in [6.07, 6.45) is 24.5. The van der Waals surface area contributed by atoms with Gasteiger partial charge in [0.15, 0.2) is 0 Å². The van der Waals surface area contributed by atoms with E-state index in [1.54, 1.807) is 0 Å². The standard InChI is InChI=1S/C39H55N5/c1-7-8-26-43-32-16-10-9-15-30(32)37(2,3)34(43)19-17-28-13-11-14-29(36(28)41)18-20-35-38(4,5)31-21-23-39(6,42)24-22-33(31)44(35)27-12-25-40/h9-10,15-24,35H,7-8,11-14,25-27,40-42H2,1-6H3/b20-18+,28-17+,34-19+. The van der Waals surface area contributed by atoms with Crippen LogP contribution >= 0.6 is 0 Å². The van der Waals surface area contributed by atoms with Crippen LogP contribution in [0.25, 0.3) is 0 Å². The summed E-state index contributed by atoms with van der Waals surface area (Å²) in [5.74, 6) is 0. The molecule has 0 saturated carbocycles. The molecule has 236 valence electrons. The lowest BCUT2D eigenvalue weighted by atomic mass is 9.78. The van der Waals surface area contributed by atoms with Gasteiger partial charge < -0.3 is 27.0 Å². The highest BCUT2D eigenvalue weighted by Gasteiger charge is 2.44. The van der Waals surface area contributed by atoms with Crippen LogP contribution in [0, 0.1) is 5.41 Å². The molecule has 0 aromatic heterocycles. The number of hydrogen-bond acceptors (Lipinski definition) is 5. The Labute approximate surface area is 266 Å². The van der Waals surface area contributed by atoms with Crippen LogP contribution in [0.5, 0.6) is 0 Å². The number of para-hydroxylation sites is 1. The molecule has 4 aliphatic rings. The second-order valence-electron chi connectivity index (χ2n) is 14.4. The highest BCUT2D eigenvalue weighted by atomic mass is 15.2. The Morgan fingerprint density at radius 2 is 1.70 bits per heavy atom. The molecule has 0 amide bonds. The van der Waals surface area contributed by atoms with Crippen LogP contribution < -0.4 is 22.1 Å². The number of rotatable bonds is 9. The van der Waals surface area contributed by atoms with Crippen LogP contribution in [-0.4, -0.2) is 36.1 Å². The Kier molecular flexibility index (Phi) is 9.21. The van der Waals surface area contributed by atoms with Crippen LogP contribution in [0.15, 0.2) is 107 Å². The van der Waals surface area contributed by atoms with E-state index in [4.69, 9.17) is 17.2 Å². The average molecular weight is 594 g/mol. The van der Waals surface area contributed by atoms with E-state index >= 15 is 0 Å². The number of fused-ring (bicyclic) bond motifs is 1.